The van der Waals surface area contributed by atoms with Gasteiger partial charge in [-0.25, -0.2) is 0 Å². The molecule has 0 radical (unpaired) electrons. The lowest BCUT2D eigenvalue weighted by molar-refractivity contribution is -0.187. The van der Waals surface area contributed by atoms with Crippen molar-refractivity contribution in [2.24, 2.45) is 17.8 Å². The van der Waals surface area contributed by atoms with Gasteiger partial charge in [-0.1, -0.05) is 6.42 Å². The number of alkyl halides is 3. The molecule has 1 N–H and O–H groups in total. The van der Waals surface area contributed by atoms with Crippen LogP contribution >= 0.6 is 0 Å². The van der Waals surface area contributed by atoms with E-state index in [9.17, 15) is 18.0 Å². The maximum atomic E-state index is 12.9. The molecule has 0 aromatic heterocycles. The fourth-order valence-electron chi connectivity index (χ4n) is 3.76. The van der Waals surface area contributed by atoms with Gasteiger partial charge in [-0.15, -0.1) is 0 Å². The molecule has 2 rings (SSSR count). The van der Waals surface area contributed by atoms with Gasteiger partial charge in [0.15, 0.2) is 0 Å². The number of hydrogen-bond acceptors (Lipinski definition) is 2. The summed E-state index contributed by atoms with van der Waals surface area (Å²) in [5, 5.41) is 3.13. The van der Waals surface area contributed by atoms with Gasteiger partial charge in [0, 0.05) is 19.0 Å². The van der Waals surface area contributed by atoms with Crippen molar-refractivity contribution in [3.8, 4) is 0 Å². The Hall–Kier alpha value is -0.780. The van der Waals surface area contributed by atoms with Crippen LogP contribution < -0.4 is 5.32 Å². The Morgan fingerprint density at radius 1 is 1.18 bits per heavy atom. The number of nitrogens with one attached hydrogen (secondary N) is 1. The maximum Gasteiger partial charge on any atom is 0.391 e. The molecule has 22 heavy (non-hydrogen) atoms. The van der Waals surface area contributed by atoms with Crippen molar-refractivity contribution in [2.75, 3.05) is 26.7 Å². The standard InChI is InChI=1S/C16H27F3N2O/c1-20-8-5-12-6-9-21(10-7-12)15(22)13-3-2-4-14(11-13)16(17,18)19/h12-14,20H,2-11H2,1H3. The zero-order valence-electron chi connectivity index (χ0n) is 13.3. The highest BCUT2D eigenvalue weighted by molar-refractivity contribution is 5.79. The number of likely N-dealkylation sites (tertiary alicyclic amines) is 1. The largest absolute Gasteiger partial charge is 0.391 e. The zero-order valence-corrected chi connectivity index (χ0v) is 13.3. The minimum Gasteiger partial charge on any atom is -0.342 e. The van der Waals surface area contributed by atoms with Crippen LogP contribution in [0.25, 0.3) is 0 Å². The third kappa shape index (κ3) is 4.61. The van der Waals surface area contributed by atoms with Gasteiger partial charge in [-0.3, -0.25) is 4.79 Å². The fraction of sp³-hybridized carbons (Fsp3) is 0.938. The Kier molecular flexibility index (Phi) is 6.12. The van der Waals surface area contributed by atoms with E-state index in [4.69, 9.17) is 0 Å². The second kappa shape index (κ2) is 7.66. The number of piperidine rings is 1. The number of hydrogen-bond donors (Lipinski definition) is 1. The summed E-state index contributed by atoms with van der Waals surface area (Å²) < 4.78 is 38.6. The van der Waals surface area contributed by atoms with E-state index in [1.807, 2.05) is 7.05 Å². The van der Waals surface area contributed by atoms with Gasteiger partial charge in [-0.05, 0) is 58.0 Å². The fourth-order valence-corrected chi connectivity index (χ4v) is 3.76. The Labute approximate surface area is 130 Å². The highest BCUT2D eigenvalue weighted by atomic mass is 19.4. The van der Waals surface area contributed by atoms with E-state index in [2.05, 4.69) is 5.32 Å². The Bertz CT molecular complexity index is 365. The second-order valence-electron chi connectivity index (χ2n) is 6.76. The summed E-state index contributed by atoms with van der Waals surface area (Å²) in [5.74, 6) is -1.12. The van der Waals surface area contributed by atoms with Crippen LogP contribution in [-0.2, 0) is 4.79 Å². The first kappa shape index (κ1) is 17.6. The van der Waals surface area contributed by atoms with E-state index in [1.165, 1.54) is 0 Å². The molecular weight excluding hydrogens is 293 g/mol. The minimum absolute atomic E-state index is 0.0119. The van der Waals surface area contributed by atoms with Crippen LogP contribution in [0.5, 0.6) is 0 Å². The first-order chi connectivity index (χ1) is 10.4. The van der Waals surface area contributed by atoms with Crippen molar-refractivity contribution in [1.29, 1.82) is 0 Å². The number of halogens is 3. The molecule has 2 aliphatic rings. The maximum absolute atomic E-state index is 12.9. The Morgan fingerprint density at radius 2 is 1.86 bits per heavy atom. The minimum atomic E-state index is -4.15. The van der Waals surface area contributed by atoms with Crippen molar-refractivity contribution in [2.45, 2.75) is 51.1 Å². The monoisotopic (exact) mass is 320 g/mol. The van der Waals surface area contributed by atoms with Gasteiger partial charge in [0.2, 0.25) is 5.91 Å². The van der Waals surface area contributed by atoms with Crippen LogP contribution in [0.2, 0.25) is 0 Å². The van der Waals surface area contributed by atoms with E-state index in [0.29, 0.717) is 31.8 Å². The molecule has 2 atom stereocenters. The van der Waals surface area contributed by atoms with E-state index in [0.717, 1.165) is 25.8 Å². The smallest absolute Gasteiger partial charge is 0.342 e. The molecule has 1 aliphatic heterocycles. The lowest BCUT2D eigenvalue weighted by Crippen LogP contribution is -2.44. The van der Waals surface area contributed by atoms with E-state index >= 15 is 0 Å². The van der Waals surface area contributed by atoms with Crippen molar-refractivity contribution in [3.05, 3.63) is 0 Å². The van der Waals surface area contributed by atoms with Crippen molar-refractivity contribution < 1.29 is 18.0 Å². The summed E-state index contributed by atoms with van der Waals surface area (Å²) in [4.78, 5) is 14.3. The topological polar surface area (TPSA) is 32.3 Å². The molecule has 0 aromatic rings. The number of amides is 1. The summed E-state index contributed by atoms with van der Waals surface area (Å²) in [7, 11) is 1.93. The number of carbonyl (C=O) groups excluding carboxylic acids is 1. The molecule has 1 aliphatic carbocycles. The average Bonchev–Trinajstić information content (AvgIpc) is 2.52. The third-order valence-corrected chi connectivity index (χ3v) is 5.22. The van der Waals surface area contributed by atoms with Crippen molar-refractivity contribution >= 4 is 5.91 Å². The molecule has 1 saturated heterocycles. The predicted octanol–water partition coefficient (Wildman–Crippen LogP) is 3.20. The predicted molar refractivity (Wildman–Crippen MR) is 79.4 cm³/mol. The molecule has 0 aromatic carbocycles. The molecule has 2 unspecified atom stereocenters. The molecular formula is C16H27F3N2O. The summed E-state index contributed by atoms with van der Waals surface area (Å²) in [6.07, 6.45) is 0.203. The molecule has 128 valence electrons. The van der Waals surface area contributed by atoms with E-state index < -0.39 is 18.0 Å². The molecule has 0 bridgehead atoms. The molecule has 1 saturated carbocycles. The van der Waals surface area contributed by atoms with Gasteiger partial charge in [0.1, 0.15) is 0 Å². The van der Waals surface area contributed by atoms with Gasteiger partial charge in [-0.2, -0.15) is 13.2 Å². The molecule has 1 heterocycles. The van der Waals surface area contributed by atoms with Crippen LogP contribution in [0.1, 0.15) is 44.9 Å². The third-order valence-electron chi connectivity index (χ3n) is 5.22. The number of carbonyl (C=O) groups is 1. The van der Waals surface area contributed by atoms with Gasteiger partial charge in [0.25, 0.3) is 0 Å². The van der Waals surface area contributed by atoms with E-state index in [-0.39, 0.29) is 18.7 Å². The van der Waals surface area contributed by atoms with Gasteiger partial charge < -0.3 is 10.2 Å². The summed E-state index contributed by atoms with van der Waals surface area (Å²) in [5.41, 5.74) is 0. The van der Waals surface area contributed by atoms with Gasteiger partial charge in [0.05, 0.1) is 5.92 Å². The van der Waals surface area contributed by atoms with E-state index in [1.54, 1.807) is 4.90 Å². The average molecular weight is 320 g/mol. The Morgan fingerprint density at radius 3 is 2.45 bits per heavy atom. The lowest BCUT2D eigenvalue weighted by atomic mass is 9.80. The number of nitrogens with zero attached hydrogens (tertiary/aromatic N) is 1. The van der Waals surface area contributed by atoms with Crippen LogP contribution in [0.4, 0.5) is 13.2 Å². The first-order valence-electron chi connectivity index (χ1n) is 8.42. The van der Waals surface area contributed by atoms with Crippen LogP contribution in [0.15, 0.2) is 0 Å². The van der Waals surface area contributed by atoms with Gasteiger partial charge >= 0.3 is 6.18 Å². The zero-order chi connectivity index (χ0) is 16.2. The molecule has 6 heteroatoms. The molecule has 2 fully saturated rings. The van der Waals surface area contributed by atoms with Crippen LogP contribution in [0.3, 0.4) is 0 Å². The normalized spacial score (nSPS) is 27.9. The second-order valence-corrected chi connectivity index (χ2v) is 6.76. The molecule has 3 nitrogen and oxygen atoms in total. The summed E-state index contributed by atoms with van der Waals surface area (Å²) in [6, 6.07) is 0. The van der Waals surface area contributed by atoms with Crippen molar-refractivity contribution in [1.82, 2.24) is 10.2 Å². The number of rotatable bonds is 4. The summed E-state index contributed by atoms with van der Waals surface area (Å²) in [6.45, 7) is 2.40. The SMILES string of the molecule is CNCCC1CCN(C(=O)C2CCCC(C(F)(F)F)C2)CC1. The quantitative estimate of drug-likeness (QED) is 0.863. The van der Waals surface area contributed by atoms with Crippen LogP contribution in [-0.4, -0.2) is 43.7 Å². The molecule has 1 amide bonds. The first-order valence-corrected chi connectivity index (χ1v) is 8.42. The molecule has 0 spiro atoms. The summed E-state index contributed by atoms with van der Waals surface area (Å²) >= 11 is 0. The highest BCUT2D eigenvalue weighted by Gasteiger charge is 2.44. The van der Waals surface area contributed by atoms with Crippen LogP contribution in [0, 0.1) is 17.8 Å². The lowest BCUT2D eigenvalue weighted by Gasteiger charge is -2.37. The Balaban J connectivity index is 1.82. The van der Waals surface area contributed by atoms with Crippen molar-refractivity contribution in [3.63, 3.8) is 0 Å². The highest BCUT2D eigenvalue weighted by Crippen LogP contribution is 2.40.